The molecule has 0 amide bonds. The Morgan fingerprint density at radius 2 is 2.00 bits per heavy atom. The Balaban J connectivity index is 2.21. The molecular formula is C13H17N3. The van der Waals surface area contributed by atoms with E-state index in [2.05, 4.69) is 52.8 Å². The van der Waals surface area contributed by atoms with Crippen molar-refractivity contribution in [3.05, 3.63) is 41.6 Å². The molecule has 0 aliphatic heterocycles. The topological polar surface area (TPSA) is 40.7 Å². The van der Waals surface area contributed by atoms with E-state index in [1.54, 1.807) is 0 Å². The minimum atomic E-state index is 0.819. The van der Waals surface area contributed by atoms with Crippen LogP contribution in [0, 0.1) is 0 Å². The van der Waals surface area contributed by atoms with Crippen molar-refractivity contribution in [2.45, 2.75) is 19.9 Å². The molecule has 0 aliphatic carbocycles. The Bertz CT molecular complexity index is 442. The quantitative estimate of drug-likeness (QED) is 0.822. The molecule has 0 bridgehead atoms. The lowest BCUT2D eigenvalue weighted by Gasteiger charge is -1.98. The van der Waals surface area contributed by atoms with Gasteiger partial charge in [0.1, 0.15) is 0 Å². The lowest BCUT2D eigenvalue weighted by molar-refractivity contribution is 0.784. The molecule has 2 aromatic rings. The van der Waals surface area contributed by atoms with Gasteiger partial charge >= 0.3 is 0 Å². The molecule has 0 spiro atoms. The van der Waals surface area contributed by atoms with Crippen LogP contribution in [0.3, 0.4) is 0 Å². The van der Waals surface area contributed by atoms with E-state index >= 15 is 0 Å². The van der Waals surface area contributed by atoms with E-state index in [0.29, 0.717) is 0 Å². The number of H-pyrrole nitrogens is 1. The van der Waals surface area contributed by atoms with Gasteiger partial charge in [-0.25, -0.2) is 0 Å². The normalized spacial score (nSPS) is 10.6. The maximum Gasteiger partial charge on any atom is 0.0924 e. The molecule has 0 fully saturated rings. The number of nitrogens with zero attached hydrogens (tertiary/aromatic N) is 1. The summed E-state index contributed by atoms with van der Waals surface area (Å²) in [7, 11) is 1.93. The Kier molecular flexibility index (Phi) is 3.37. The fourth-order valence-electron chi connectivity index (χ4n) is 1.70. The molecule has 3 heteroatoms. The minimum absolute atomic E-state index is 0.819. The minimum Gasteiger partial charge on any atom is -0.314 e. The average Bonchev–Trinajstić information content (AvgIpc) is 2.78. The van der Waals surface area contributed by atoms with Crippen molar-refractivity contribution in [3.8, 4) is 11.3 Å². The smallest absolute Gasteiger partial charge is 0.0924 e. The van der Waals surface area contributed by atoms with Crippen LogP contribution < -0.4 is 5.32 Å². The second-order valence-corrected chi connectivity index (χ2v) is 3.86. The van der Waals surface area contributed by atoms with Crippen LogP contribution in [0.15, 0.2) is 30.3 Å². The van der Waals surface area contributed by atoms with E-state index in [-0.39, 0.29) is 0 Å². The van der Waals surface area contributed by atoms with Crippen molar-refractivity contribution in [1.82, 2.24) is 15.5 Å². The van der Waals surface area contributed by atoms with Gasteiger partial charge in [-0.15, -0.1) is 0 Å². The zero-order chi connectivity index (χ0) is 11.4. The summed E-state index contributed by atoms with van der Waals surface area (Å²) in [4.78, 5) is 0. The van der Waals surface area contributed by atoms with Crippen LogP contribution >= 0.6 is 0 Å². The van der Waals surface area contributed by atoms with Crippen molar-refractivity contribution in [2.24, 2.45) is 0 Å². The Morgan fingerprint density at radius 3 is 2.62 bits per heavy atom. The summed E-state index contributed by atoms with van der Waals surface area (Å²) in [5, 5.41) is 10.4. The van der Waals surface area contributed by atoms with E-state index in [1.165, 1.54) is 5.56 Å². The first-order valence-corrected chi connectivity index (χ1v) is 5.61. The van der Waals surface area contributed by atoms with Crippen LogP contribution in [-0.2, 0) is 13.0 Å². The summed E-state index contributed by atoms with van der Waals surface area (Å²) in [5.74, 6) is 0. The van der Waals surface area contributed by atoms with Crippen LogP contribution in [0.4, 0.5) is 0 Å². The predicted molar refractivity (Wildman–Crippen MR) is 66.2 cm³/mol. The molecule has 16 heavy (non-hydrogen) atoms. The molecule has 84 valence electrons. The SMILES string of the molecule is CCc1ccc(-c2cc(CNC)[nH]n2)cc1. The van der Waals surface area contributed by atoms with Crippen molar-refractivity contribution in [1.29, 1.82) is 0 Å². The summed E-state index contributed by atoms with van der Waals surface area (Å²) < 4.78 is 0. The number of rotatable bonds is 4. The fraction of sp³-hybridized carbons (Fsp3) is 0.308. The summed E-state index contributed by atoms with van der Waals surface area (Å²) >= 11 is 0. The third-order valence-electron chi connectivity index (χ3n) is 2.66. The van der Waals surface area contributed by atoms with Crippen molar-refractivity contribution >= 4 is 0 Å². The van der Waals surface area contributed by atoms with Crippen LogP contribution in [-0.4, -0.2) is 17.2 Å². The van der Waals surface area contributed by atoms with E-state index in [1.807, 2.05) is 7.05 Å². The number of benzene rings is 1. The Labute approximate surface area is 95.9 Å². The lowest BCUT2D eigenvalue weighted by atomic mass is 10.1. The molecule has 0 atom stereocenters. The van der Waals surface area contributed by atoms with Crippen LogP contribution in [0.1, 0.15) is 18.2 Å². The first-order chi connectivity index (χ1) is 7.83. The molecule has 0 saturated carbocycles. The van der Waals surface area contributed by atoms with Crippen LogP contribution in [0.5, 0.6) is 0 Å². The average molecular weight is 215 g/mol. The highest BCUT2D eigenvalue weighted by Crippen LogP contribution is 2.18. The second-order valence-electron chi connectivity index (χ2n) is 3.86. The van der Waals surface area contributed by atoms with Crippen molar-refractivity contribution < 1.29 is 0 Å². The van der Waals surface area contributed by atoms with Gasteiger partial charge in [0, 0.05) is 17.8 Å². The summed E-state index contributed by atoms with van der Waals surface area (Å²) in [6, 6.07) is 10.6. The molecule has 1 heterocycles. The maximum absolute atomic E-state index is 4.30. The fourth-order valence-corrected chi connectivity index (χ4v) is 1.70. The molecule has 0 saturated heterocycles. The molecule has 2 rings (SSSR count). The Morgan fingerprint density at radius 1 is 1.25 bits per heavy atom. The van der Waals surface area contributed by atoms with Gasteiger partial charge < -0.3 is 5.32 Å². The lowest BCUT2D eigenvalue weighted by Crippen LogP contribution is -2.04. The van der Waals surface area contributed by atoms with Gasteiger partial charge in [0.15, 0.2) is 0 Å². The van der Waals surface area contributed by atoms with E-state index in [4.69, 9.17) is 0 Å². The van der Waals surface area contributed by atoms with Gasteiger partial charge in [-0.3, -0.25) is 5.10 Å². The number of hydrogen-bond donors (Lipinski definition) is 2. The second kappa shape index (κ2) is 4.94. The van der Waals surface area contributed by atoms with E-state index in [9.17, 15) is 0 Å². The summed E-state index contributed by atoms with van der Waals surface area (Å²) in [6.45, 7) is 2.98. The monoisotopic (exact) mass is 215 g/mol. The largest absolute Gasteiger partial charge is 0.314 e. The van der Waals surface area contributed by atoms with Gasteiger partial charge in [0.2, 0.25) is 0 Å². The highest BCUT2D eigenvalue weighted by Gasteiger charge is 2.02. The van der Waals surface area contributed by atoms with Gasteiger partial charge in [0.25, 0.3) is 0 Å². The molecule has 1 aromatic heterocycles. The summed E-state index contributed by atoms with van der Waals surface area (Å²) in [5.41, 5.74) is 4.63. The zero-order valence-corrected chi connectivity index (χ0v) is 9.75. The molecule has 0 aliphatic rings. The zero-order valence-electron chi connectivity index (χ0n) is 9.75. The molecule has 0 radical (unpaired) electrons. The molecule has 1 aromatic carbocycles. The maximum atomic E-state index is 4.30. The predicted octanol–water partition coefficient (Wildman–Crippen LogP) is 2.36. The van der Waals surface area contributed by atoms with Gasteiger partial charge in [-0.2, -0.15) is 5.10 Å². The molecule has 0 unspecified atom stereocenters. The molecule has 3 nitrogen and oxygen atoms in total. The van der Waals surface area contributed by atoms with E-state index < -0.39 is 0 Å². The number of nitrogens with one attached hydrogen (secondary N) is 2. The van der Waals surface area contributed by atoms with Crippen LogP contribution in [0.2, 0.25) is 0 Å². The molecular weight excluding hydrogens is 198 g/mol. The number of aryl methyl sites for hydroxylation is 1. The van der Waals surface area contributed by atoms with Gasteiger partial charge in [-0.05, 0) is 25.1 Å². The molecule has 2 N–H and O–H groups in total. The number of hydrogen-bond acceptors (Lipinski definition) is 2. The van der Waals surface area contributed by atoms with Crippen molar-refractivity contribution in [2.75, 3.05) is 7.05 Å². The number of aromatic amines is 1. The standard InChI is InChI=1S/C13H17N3/c1-3-10-4-6-11(7-5-10)13-8-12(9-14-2)15-16-13/h4-8,14H,3,9H2,1-2H3,(H,15,16). The first-order valence-electron chi connectivity index (χ1n) is 5.61. The summed E-state index contributed by atoms with van der Waals surface area (Å²) in [6.07, 6.45) is 1.08. The van der Waals surface area contributed by atoms with Gasteiger partial charge in [-0.1, -0.05) is 31.2 Å². The Hall–Kier alpha value is -1.61. The highest BCUT2D eigenvalue weighted by molar-refractivity contribution is 5.59. The van der Waals surface area contributed by atoms with E-state index in [0.717, 1.165) is 29.9 Å². The van der Waals surface area contributed by atoms with Gasteiger partial charge in [0.05, 0.1) is 5.69 Å². The first kappa shape index (κ1) is 10.9. The highest BCUT2D eigenvalue weighted by atomic mass is 15.1. The third kappa shape index (κ3) is 2.31. The number of aromatic nitrogens is 2. The van der Waals surface area contributed by atoms with Crippen LogP contribution in [0.25, 0.3) is 11.3 Å². The van der Waals surface area contributed by atoms with Crippen molar-refractivity contribution in [3.63, 3.8) is 0 Å². The third-order valence-corrected chi connectivity index (χ3v) is 2.66.